The lowest BCUT2D eigenvalue weighted by Crippen LogP contribution is -2.30. The van der Waals surface area contributed by atoms with Crippen molar-refractivity contribution in [2.45, 2.75) is 32.2 Å². The molecule has 0 aromatic carbocycles. The maximum Gasteiger partial charge on any atom is 0.143 e. The average molecular weight is 183 g/mol. The normalized spacial score (nSPS) is 21.5. The van der Waals surface area contributed by atoms with E-state index < -0.39 is 0 Å². The molecule has 1 saturated carbocycles. The fourth-order valence-corrected chi connectivity index (χ4v) is 1.59. The van der Waals surface area contributed by atoms with Gasteiger partial charge in [-0.3, -0.25) is 9.59 Å². The topological polar surface area (TPSA) is 37.4 Å². The molecule has 0 aromatic rings. The Morgan fingerprint density at radius 2 is 1.77 bits per heavy atom. The largest absolute Gasteiger partial charge is 0.307 e. The van der Waals surface area contributed by atoms with Gasteiger partial charge in [0.15, 0.2) is 0 Å². The van der Waals surface area contributed by atoms with Crippen LogP contribution in [0.3, 0.4) is 0 Å². The van der Waals surface area contributed by atoms with Crippen molar-refractivity contribution in [3.63, 3.8) is 0 Å². The van der Waals surface area contributed by atoms with Gasteiger partial charge in [0, 0.05) is 18.9 Å². The maximum atomic E-state index is 11.3. The van der Waals surface area contributed by atoms with Gasteiger partial charge in [-0.05, 0) is 27.4 Å². The quantitative estimate of drug-likeness (QED) is 0.609. The molecule has 0 spiro atoms. The minimum absolute atomic E-state index is 0.138. The monoisotopic (exact) mass is 183 g/mol. The van der Waals surface area contributed by atoms with Crippen molar-refractivity contribution < 1.29 is 9.59 Å². The lowest BCUT2D eigenvalue weighted by Gasteiger charge is -2.21. The molecule has 0 bridgehead atoms. The van der Waals surface area contributed by atoms with Gasteiger partial charge in [-0.25, -0.2) is 0 Å². The van der Waals surface area contributed by atoms with Crippen LogP contribution in [0.4, 0.5) is 0 Å². The fraction of sp³-hybridized carbons (Fsp3) is 0.800. The highest BCUT2D eigenvalue weighted by atomic mass is 16.2. The number of carbonyl (C=O) groups is 2. The second kappa shape index (κ2) is 4.01. The molecule has 0 aromatic heterocycles. The van der Waals surface area contributed by atoms with Gasteiger partial charge in [-0.2, -0.15) is 0 Å². The third-order valence-corrected chi connectivity index (χ3v) is 2.85. The molecule has 1 aliphatic carbocycles. The Kier molecular flexibility index (Phi) is 3.20. The molecule has 0 heterocycles. The zero-order valence-corrected chi connectivity index (χ0v) is 8.54. The molecule has 1 unspecified atom stereocenters. The minimum Gasteiger partial charge on any atom is -0.307 e. The summed E-state index contributed by atoms with van der Waals surface area (Å²) in [5.41, 5.74) is 0. The second-order valence-corrected chi connectivity index (χ2v) is 4.03. The number of hydrogen-bond acceptors (Lipinski definition) is 3. The number of carbonyl (C=O) groups excluding carboxylic acids is 2. The molecule has 0 amide bonds. The van der Waals surface area contributed by atoms with E-state index in [0.29, 0.717) is 25.3 Å². The van der Waals surface area contributed by atoms with Crippen molar-refractivity contribution in [2.24, 2.45) is 5.92 Å². The third-order valence-electron chi connectivity index (χ3n) is 2.85. The van der Waals surface area contributed by atoms with E-state index in [1.54, 1.807) is 0 Å². The Morgan fingerprint density at radius 1 is 1.31 bits per heavy atom. The van der Waals surface area contributed by atoms with E-state index in [9.17, 15) is 9.59 Å². The van der Waals surface area contributed by atoms with Gasteiger partial charge in [0.05, 0.1) is 5.92 Å². The van der Waals surface area contributed by atoms with Gasteiger partial charge in [-0.1, -0.05) is 0 Å². The maximum absolute atomic E-state index is 11.3. The molecule has 1 aliphatic rings. The molecular weight excluding hydrogens is 166 g/mol. The summed E-state index contributed by atoms with van der Waals surface area (Å²) in [6.45, 7) is 2.04. The van der Waals surface area contributed by atoms with Crippen molar-refractivity contribution in [1.29, 1.82) is 0 Å². The molecule has 0 N–H and O–H groups in total. The van der Waals surface area contributed by atoms with Crippen molar-refractivity contribution in [3.05, 3.63) is 0 Å². The number of hydrogen-bond donors (Lipinski definition) is 0. The lowest BCUT2D eigenvalue weighted by molar-refractivity contribution is -0.127. The van der Waals surface area contributed by atoms with Crippen molar-refractivity contribution in [1.82, 2.24) is 4.90 Å². The second-order valence-electron chi connectivity index (χ2n) is 4.03. The van der Waals surface area contributed by atoms with E-state index in [0.717, 1.165) is 0 Å². The number of ketones is 2. The van der Waals surface area contributed by atoms with E-state index in [1.807, 2.05) is 25.9 Å². The summed E-state index contributed by atoms with van der Waals surface area (Å²) in [6, 6.07) is 0.302. The highest BCUT2D eigenvalue weighted by Crippen LogP contribution is 2.23. The number of rotatable bonds is 3. The molecule has 1 fully saturated rings. The van der Waals surface area contributed by atoms with Crippen LogP contribution in [0.25, 0.3) is 0 Å². The molecule has 0 aliphatic heterocycles. The van der Waals surface area contributed by atoms with Gasteiger partial charge in [0.1, 0.15) is 11.6 Å². The predicted octanol–water partition coefficient (Wildman–Crippen LogP) is 0.875. The number of Topliss-reactive ketones (excluding diaryl/α,β-unsaturated/α-hetero) is 2. The first-order valence-electron chi connectivity index (χ1n) is 4.74. The van der Waals surface area contributed by atoms with Gasteiger partial charge < -0.3 is 4.90 Å². The lowest BCUT2D eigenvalue weighted by atomic mass is 9.97. The van der Waals surface area contributed by atoms with Gasteiger partial charge in [0.2, 0.25) is 0 Å². The molecule has 3 heteroatoms. The Hall–Kier alpha value is -0.700. The van der Waals surface area contributed by atoms with Gasteiger partial charge in [0.25, 0.3) is 0 Å². The van der Waals surface area contributed by atoms with Gasteiger partial charge >= 0.3 is 0 Å². The Labute approximate surface area is 79.1 Å². The van der Waals surface area contributed by atoms with Crippen LogP contribution in [0.2, 0.25) is 0 Å². The molecule has 74 valence electrons. The van der Waals surface area contributed by atoms with E-state index in [4.69, 9.17) is 0 Å². The van der Waals surface area contributed by atoms with Gasteiger partial charge in [-0.15, -0.1) is 0 Å². The van der Waals surface area contributed by atoms with Crippen LogP contribution in [0, 0.1) is 5.92 Å². The Morgan fingerprint density at radius 3 is 2.15 bits per heavy atom. The van der Waals surface area contributed by atoms with Crippen molar-refractivity contribution in [3.8, 4) is 0 Å². The van der Waals surface area contributed by atoms with Crippen LogP contribution >= 0.6 is 0 Å². The number of nitrogens with zero attached hydrogens (tertiary/aromatic N) is 1. The molecular formula is C10H17NO2. The van der Waals surface area contributed by atoms with Crippen molar-refractivity contribution in [2.75, 3.05) is 14.1 Å². The molecule has 3 nitrogen and oxygen atoms in total. The summed E-state index contributed by atoms with van der Waals surface area (Å²) in [6.07, 6.45) is 1.61. The molecule has 0 saturated heterocycles. The van der Waals surface area contributed by atoms with E-state index in [2.05, 4.69) is 0 Å². The summed E-state index contributed by atoms with van der Waals surface area (Å²) >= 11 is 0. The fourth-order valence-electron chi connectivity index (χ4n) is 1.59. The molecule has 13 heavy (non-hydrogen) atoms. The smallest absolute Gasteiger partial charge is 0.143 e. The standard InChI is InChI=1S/C10H17NO2/c1-7(11(2)3)6-8-9(12)4-5-10(8)13/h7-8H,4-6H2,1-3H3. The highest BCUT2D eigenvalue weighted by Gasteiger charge is 2.33. The summed E-state index contributed by atoms with van der Waals surface area (Å²) in [5.74, 6) is -0.0326. The van der Waals surface area contributed by atoms with E-state index in [-0.39, 0.29) is 17.5 Å². The van der Waals surface area contributed by atoms with Crippen LogP contribution in [0.5, 0.6) is 0 Å². The first-order chi connectivity index (χ1) is 6.02. The van der Waals surface area contributed by atoms with Crippen LogP contribution < -0.4 is 0 Å². The summed E-state index contributed by atoms with van der Waals surface area (Å²) in [5, 5.41) is 0. The van der Waals surface area contributed by atoms with Crippen LogP contribution in [-0.2, 0) is 9.59 Å². The van der Waals surface area contributed by atoms with Crippen LogP contribution in [0.1, 0.15) is 26.2 Å². The summed E-state index contributed by atoms with van der Waals surface area (Å²) in [4.78, 5) is 24.6. The Balaban J connectivity index is 2.52. The first kappa shape index (κ1) is 10.4. The zero-order chi connectivity index (χ0) is 10.0. The third kappa shape index (κ3) is 2.37. The van der Waals surface area contributed by atoms with E-state index in [1.165, 1.54) is 0 Å². The molecule has 1 atom stereocenters. The SMILES string of the molecule is CC(CC1C(=O)CCC1=O)N(C)C. The first-order valence-corrected chi connectivity index (χ1v) is 4.74. The Bertz CT molecular complexity index is 207. The van der Waals surface area contributed by atoms with Crippen LogP contribution in [-0.4, -0.2) is 36.6 Å². The summed E-state index contributed by atoms with van der Waals surface area (Å²) < 4.78 is 0. The highest BCUT2D eigenvalue weighted by molar-refractivity contribution is 6.08. The zero-order valence-electron chi connectivity index (χ0n) is 8.54. The predicted molar refractivity (Wildman–Crippen MR) is 50.5 cm³/mol. The molecule has 1 rings (SSSR count). The average Bonchev–Trinajstić information content (AvgIpc) is 2.35. The minimum atomic E-state index is -0.308. The molecule has 0 radical (unpaired) electrons. The summed E-state index contributed by atoms with van der Waals surface area (Å²) in [7, 11) is 3.93. The van der Waals surface area contributed by atoms with E-state index >= 15 is 0 Å². The van der Waals surface area contributed by atoms with Crippen molar-refractivity contribution >= 4 is 11.6 Å². The van der Waals surface area contributed by atoms with Crippen LogP contribution in [0.15, 0.2) is 0 Å².